The van der Waals surface area contributed by atoms with Gasteiger partial charge in [0.15, 0.2) is 0 Å². The summed E-state index contributed by atoms with van der Waals surface area (Å²) in [4.78, 5) is 7.67. The second-order valence-corrected chi connectivity index (χ2v) is 7.76. The molecule has 5 heteroatoms. The van der Waals surface area contributed by atoms with Gasteiger partial charge in [0.2, 0.25) is 0 Å². The predicted octanol–water partition coefficient (Wildman–Crippen LogP) is 5.85. The van der Waals surface area contributed by atoms with Gasteiger partial charge in [-0.1, -0.05) is 35.5 Å². The molecule has 0 N–H and O–H groups in total. The van der Waals surface area contributed by atoms with Crippen molar-refractivity contribution >= 4 is 47.1 Å². The first-order valence-corrected chi connectivity index (χ1v) is 9.57. The molecule has 2 aliphatic heterocycles. The van der Waals surface area contributed by atoms with Crippen LogP contribution in [0.3, 0.4) is 0 Å². The summed E-state index contributed by atoms with van der Waals surface area (Å²) in [5, 5.41) is 0.813. The largest absolute Gasteiger partial charge is 0.340 e. The molecule has 0 saturated carbocycles. The van der Waals surface area contributed by atoms with Crippen LogP contribution in [0.4, 0.5) is 11.4 Å². The highest BCUT2D eigenvalue weighted by Crippen LogP contribution is 2.48. The third-order valence-corrected chi connectivity index (χ3v) is 6.01. The minimum Gasteiger partial charge on any atom is -0.340 e. The first-order chi connectivity index (χ1) is 11.3. The predicted molar refractivity (Wildman–Crippen MR) is 107 cm³/mol. The maximum absolute atomic E-state index is 6.26. The second-order valence-electron chi connectivity index (χ2n) is 6.24. The summed E-state index contributed by atoms with van der Waals surface area (Å²) in [6.07, 6.45) is 3.91. The molecule has 0 aromatic heterocycles. The van der Waals surface area contributed by atoms with Gasteiger partial charge in [0, 0.05) is 21.4 Å². The number of anilines is 2. The Balaban J connectivity index is 0.00000169. The van der Waals surface area contributed by atoms with E-state index in [-0.39, 0.29) is 12.4 Å². The molecule has 0 atom stereocenters. The molecule has 1 saturated heterocycles. The maximum Gasteiger partial charge on any atom is 0.0567 e. The SMILES string of the molecule is Cl.Clc1ccc2c(c1)N(CCCN1CCCC1)c1ccccc1S2. The van der Waals surface area contributed by atoms with Crippen molar-refractivity contribution in [3.63, 3.8) is 0 Å². The van der Waals surface area contributed by atoms with Crippen molar-refractivity contribution in [2.45, 2.75) is 29.1 Å². The van der Waals surface area contributed by atoms with Crippen LogP contribution in [0.25, 0.3) is 0 Å². The third kappa shape index (κ3) is 3.70. The quantitative estimate of drug-likeness (QED) is 0.656. The molecule has 0 unspecified atom stereocenters. The van der Waals surface area contributed by atoms with Crippen LogP contribution in [0.1, 0.15) is 19.3 Å². The first kappa shape index (κ1) is 17.9. The van der Waals surface area contributed by atoms with Crippen LogP contribution >= 0.6 is 35.8 Å². The number of nitrogens with zero attached hydrogens (tertiary/aromatic N) is 2. The Hall–Kier alpha value is -0.870. The Kier molecular flexibility index (Phi) is 5.98. The number of likely N-dealkylation sites (tertiary alicyclic amines) is 1. The van der Waals surface area contributed by atoms with Crippen molar-refractivity contribution in [1.82, 2.24) is 4.90 Å². The molecule has 0 radical (unpaired) electrons. The summed E-state index contributed by atoms with van der Waals surface area (Å²) < 4.78 is 0. The monoisotopic (exact) mass is 380 g/mol. The second kappa shape index (κ2) is 8.01. The molecule has 2 aromatic rings. The van der Waals surface area contributed by atoms with E-state index in [9.17, 15) is 0 Å². The van der Waals surface area contributed by atoms with Crippen molar-refractivity contribution in [1.29, 1.82) is 0 Å². The molecule has 2 heterocycles. The van der Waals surface area contributed by atoms with Gasteiger partial charge >= 0.3 is 0 Å². The van der Waals surface area contributed by atoms with Gasteiger partial charge in [-0.25, -0.2) is 0 Å². The van der Waals surface area contributed by atoms with Crippen LogP contribution < -0.4 is 4.90 Å². The van der Waals surface area contributed by atoms with Crippen LogP contribution in [-0.4, -0.2) is 31.1 Å². The third-order valence-electron chi connectivity index (χ3n) is 4.64. The van der Waals surface area contributed by atoms with E-state index in [0.717, 1.165) is 11.6 Å². The van der Waals surface area contributed by atoms with Crippen LogP contribution in [0.5, 0.6) is 0 Å². The summed E-state index contributed by atoms with van der Waals surface area (Å²) in [6, 6.07) is 14.9. The van der Waals surface area contributed by atoms with Gasteiger partial charge in [-0.3, -0.25) is 0 Å². The highest BCUT2D eigenvalue weighted by Gasteiger charge is 2.23. The van der Waals surface area contributed by atoms with Gasteiger partial charge in [-0.15, -0.1) is 12.4 Å². The lowest BCUT2D eigenvalue weighted by Gasteiger charge is -2.33. The Morgan fingerprint density at radius 1 is 0.917 bits per heavy atom. The Labute approximate surface area is 159 Å². The topological polar surface area (TPSA) is 6.48 Å². The molecule has 0 aliphatic carbocycles. The average Bonchev–Trinajstić information content (AvgIpc) is 3.08. The normalized spacial score (nSPS) is 16.5. The number of hydrogen-bond donors (Lipinski definition) is 0. The standard InChI is InChI=1S/C19H21ClN2S.ClH/c20-15-8-9-19-17(14-15)22(13-5-12-21-10-3-4-11-21)16-6-1-2-7-18(16)23-19;/h1-2,6-9,14H,3-5,10-13H2;1H. The van der Waals surface area contributed by atoms with Crippen LogP contribution in [0.2, 0.25) is 5.02 Å². The Bertz CT molecular complexity index is 702. The summed E-state index contributed by atoms with van der Waals surface area (Å²) in [6.45, 7) is 4.78. The van der Waals surface area contributed by atoms with Gasteiger partial charge in [0.05, 0.1) is 11.4 Å². The smallest absolute Gasteiger partial charge is 0.0567 e. The van der Waals surface area contributed by atoms with Gasteiger partial charge < -0.3 is 9.80 Å². The van der Waals surface area contributed by atoms with E-state index < -0.39 is 0 Å². The minimum absolute atomic E-state index is 0. The van der Waals surface area contributed by atoms with E-state index in [4.69, 9.17) is 11.6 Å². The number of hydrogen-bond acceptors (Lipinski definition) is 3. The van der Waals surface area contributed by atoms with Crippen molar-refractivity contribution in [3.8, 4) is 0 Å². The Morgan fingerprint density at radius 3 is 2.50 bits per heavy atom. The molecule has 0 bridgehead atoms. The maximum atomic E-state index is 6.26. The number of rotatable bonds is 4. The molecule has 2 aromatic carbocycles. The molecule has 24 heavy (non-hydrogen) atoms. The molecule has 2 nitrogen and oxygen atoms in total. The van der Waals surface area contributed by atoms with Crippen LogP contribution in [-0.2, 0) is 0 Å². The van der Waals surface area contributed by atoms with Gasteiger partial charge in [0.1, 0.15) is 0 Å². The minimum atomic E-state index is 0. The zero-order valence-electron chi connectivity index (χ0n) is 13.6. The highest BCUT2D eigenvalue weighted by molar-refractivity contribution is 7.99. The number of para-hydroxylation sites is 1. The Morgan fingerprint density at radius 2 is 1.67 bits per heavy atom. The molecular formula is C19H22Cl2N2S. The lowest BCUT2D eigenvalue weighted by atomic mass is 10.2. The van der Waals surface area contributed by atoms with E-state index >= 15 is 0 Å². The molecule has 0 spiro atoms. The summed E-state index contributed by atoms with van der Waals surface area (Å²) in [5.41, 5.74) is 2.57. The van der Waals surface area contributed by atoms with Crippen LogP contribution in [0, 0.1) is 0 Å². The van der Waals surface area contributed by atoms with Crippen molar-refractivity contribution in [3.05, 3.63) is 47.5 Å². The fourth-order valence-electron chi connectivity index (χ4n) is 3.50. The van der Waals surface area contributed by atoms with Crippen LogP contribution in [0.15, 0.2) is 52.3 Å². The van der Waals surface area contributed by atoms with Gasteiger partial charge in [-0.2, -0.15) is 0 Å². The summed E-state index contributed by atoms with van der Waals surface area (Å²) in [7, 11) is 0. The zero-order chi connectivity index (χ0) is 15.6. The molecule has 1 fully saturated rings. The fraction of sp³-hybridized carbons (Fsp3) is 0.368. The number of benzene rings is 2. The van der Waals surface area contributed by atoms with E-state index in [2.05, 4.69) is 46.2 Å². The number of halogens is 2. The van der Waals surface area contributed by atoms with Gasteiger partial charge in [0.25, 0.3) is 0 Å². The van der Waals surface area contributed by atoms with Crippen molar-refractivity contribution < 1.29 is 0 Å². The molecule has 4 rings (SSSR count). The number of fused-ring (bicyclic) bond motifs is 2. The van der Waals surface area contributed by atoms with Crippen molar-refractivity contribution in [2.24, 2.45) is 0 Å². The van der Waals surface area contributed by atoms with Gasteiger partial charge in [-0.05, 0) is 69.2 Å². The molecule has 128 valence electrons. The highest BCUT2D eigenvalue weighted by atomic mass is 35.5. The lowest BCUT2D eigenvalue weighted by Crippen LogP contribution is -2.27. The van der Waals surface area contributed by atoms with E-state index in [1.54, 1.807) is 0 Å². The summed E-state index contributed by atoms with van der Waals surface area (Å²) in [5.74, 6) is 0. The van der Waals surface area contributed by atoms with Crippen molar-refractivity contribution in [2.75, 3.05) is 31.1 Å². The molecular weight excluding hydrogens is 359 g/mol. The van der Waals surface area contributed by atoms with E-state index in [1.807, 2.05) is 17.8 Å². The zero-order valence-corrected chi connectivity index (χ0v) is 16.0. The molecule has 2 aliphatic rings. The van der Waals surface area contributed by atoms with E-state index in [1.165, 1.54) is 60.1 Å². The summed E-state index contributed by atoms with van der Waals surface area (Å²) >= 11 is 8.11. The fourth-order valence-corrected chi connectivity index (χ4v) is 4.74. The average molecular weight is 381 g/mol. The van der Waals surface area contributed by atoms with E-state index in [0.29, 0.717) is 0 Å². The lowest BCUT2D eigenvalue weighted by molar-refractivity contribution is 0.335. The molecule has 0 amide bonds. The first-order valence-electron chi connectivity index (χ1n) is 8.37.